The minimum absolute atomic E-state index is 0.123. The molecule has 0 unspecified atom stereocenters. The van der Waals surface area contributed by atoms with Crippen LogP contribution in [0.15, 0.2) is 195 Å². The van der Waals surface area contributed by atoms with Crippen LogP contribution in [-0.4, -0.2) is 24.7 Å². The van der Waals surface area contributed by atoms with Crippen LogP contribution in [0, 0.1) is 13.8 Å². The second-order valence-corrected chi connectivity index (χ2v) is 15.9. The lowest BCUT2D eigenvalue weighted by Crippen LogP contribution is -2.10. The van der Waals surface area contributed by atoms with Crippen molar-refractivity contribution in [3.8, 4) is 73.0 Å². The fourth-order valence-corrected chi connectivity index (χ4v) is 7.24. The molecule has 0 amide bonds. The first-order valence-corrected chi connectivity index (χ1v) is 20.0. The van der Waals surface area contributed by atoms with Crippen molar-refractivity contribution >= 4 is 0 Å². The Balaban J connectivity index is 0.000000165. The molecule has 0 saturated carbocycles. The highest BCUT2D eigenvalue weighted by molar-refractivity contribution is 5.79. The molecule has 59 heavy (non-hydrogen) atoms. The summed E-state index contributed by atoms with van der Waals surface area (Å²) in [6.07, 6.45) is 7.43. The van der Waals surface area contributed by atoms with E-state index in [0.717, 1.165) is 39.6 Å². The van der Waals surface area contributed by atoms with Crippen molar-refractivity contribution in [2.75, 3.05) is 0 Å². The smallest absolute Gasteiger partial charge is 0.168 e. The van der Waals surface area contributed by atoms with Crippen molar-refractivity contribution in [2.45, 2.75) is 40.0 Å². The Labute approximate surface area is 347 Å². The number of aryl methyl sites for hydroxylation is 2. The van der Waals surface area contributed by atoms with Gasteiger partial charge in [-0.3, -0.25) is 14.5 Å². The Hall–Kier alpha value is -7.24. The number of aromatic nitrogens is 5. The van der Waals surface area contributed by atoms with E-state index in [2.05, 4.69) is 199 Å². The maximum atomic E-state index is 4.57. The molecular weight excluding hydrogens is 719 g/mol. The van der Waals surface area contributed by atoms with Crippen LogP contribution >= 0.6 is 0 Å². The van der Waals surface area contributed by atoms with Gasteiger partial charge in [0.2, 0.25) is 0 Å². The van der Waals surface area contributed by atoms with Gasteiger partial charge in [-0.25, -0.2) is 0 Å². The van der Waals surface area contributed by atoms with Crippen LogP contribution in [0.4, 0.5) is 0 Å². The summed E-state index contributed by atoms with van der Waals surface area (Å²) in [6, 6.07) is 59.6. The van der Waals surface area contributed by atoms with Crippen LogP contribution in [0.25, 0.3) is 73.0 Å². The van der Waals surface area contributed by atoms with Gasteiger partial charge in [-0.05, 0) is 106 Å². The normalized spacial score (nSPS) is 11.1. The van der Waals surface area contributed by atoms with E-state index in [0.29, 0.717) is 0 Å². The molecule has 0 spiro atoms. The van der Waals surface area contributed by atoms with Crippen LogP contribution in [0.5, 0.6) is 0 Å². The van der Waals surface area contributed by atoms with E-state index in [-0.39, 0.29) is 5.41 Å². The fourth-order valence-electron chi connectivity index (χ4n) is 7.24. The van der Waals surface area contributed by atoms with Gasteiger partial charge < -0.3 is 0 Å². The Morgan fingerprint density at radius 1 is 0.373 bits per heavy atom. The average Bonchev–Trinajstić information content (AvgIpc) is 3.73. The Kier molecular flexibility index (Phi) is 11.2. The third-order valence-electron chi connectivity index (χ3n) is 10.5. The van der Waals surface area contributed by atoms with E-state index < -0.39 is 0 Å². The molecule has 5 nitrogen and oxygen atoms in total. The largest absolute Gasteiger partial charge is 0.275 e. The second kappa shape index (κ2) is 17.1. The quantitative estimate of drug-likeness (QED) is 0.162. The number of hydrogen-bond acceptors (Lipinski definition) is 4. The minimum Gasteiger partial charge on any atom is -0.275 e. The molecule has 0 aliphatic heterocycles. The molecule has 0 aliphatic rings. The van der Waals surface area contributed by atoms with Gasteiger partial charge in [-0.1, -0.05) is 154 Å². The second-order valence-electron chi connectivity index (χ2n) is 15.9. The van der Waals surface area contributed by atoms with Crippen LogP contribution in [0.3, 0.4) is 0 Å². The first-order valence-electron chi connectivity index (χ1n) is 20.0. The molecule has 0 aliphatic carbocycles. The molecule has 3 heterocycles. The van der Waals surface area contributed by atoms with E-state index in [1.165, 1.54) is 50.1 Å². The molecule has 9 rings (SSSR count). The van der Waals surface area contributed by atoms with Gasteiger partial charge >= 0.3 is 0 Å². The maximum absolute atomic E-state index is 4.57. The maximum Gasteiger partial charge on any atom is 0.168 e. The summed E-state index contributed by atoms with van der Waals surface area (Å²) in [4.78, 5) is 8.52. The zero-order valence-corrected chi connectivity index (χ0v) is 34.2. The summed E-state index contributed by atoms with van der Waals surface area (Å²) in [7, 11) is 0. The molecule has 0 radical (unpaired) electrons. The zero-order valence-electron chi connectivity index (χ0n) is 34.2. The Morgan fingerprint density at radius 3 is 1.29 bits per heavy atom. The average molecular weight is 766 g/mol. The van der Waals surface area contributed by atoms with Crippen LogP contribution in [0.1, 0.15) is 37.5 Å². The summed E-state index contributed by atoms with van der Waals surface area (Å²) >= 11 is 0. The van der Waals surface area contributed by atoms with E-state index >= 15 is 0 Å². The predicted octanol–water partition coefficient (Wildman–Crippen LogP) is 13.7. The topological polar surface area (TPSA) is 56.5 Å². The zero-order chi connectivity index (χ0) is 40.8. The molecule has 0 N–H and O–H groups in total. The van der Waals surface area contributed by atoms with E-state index in [9.17, 15) is 0 Å². The minimum atomic E-state index is 0.123. The van der Waals surface area contributed by atoms with Crippen LogP contribution < -0.4 is 0 Å². The molecule has 0 bridgehead atoms. The van der Waals surface area contributed by atoms with Crippen molar-refractivity contribution in [3.05, 3.63) is 211 Å². The van der Waals surface area contributed by atoms with Crippen molar-refractivity contribution in [1.29, 1.82) is 0 Å². The van der Waals surface area contributed by atoms with Crippen LogP contribution in [-0.2, 0) is 5.41 Å². The summed E-state index contributed by atoms with van der Waals surface area (Å²) in [5.74, 6) is 1.70. The molecule has 288 valence electrons. The number of pyridine rings is 2. The molecule has 9 aromatic rings. The summed E-state index contributed by atoms with van der Waals surface area (Å²) in [5.41, 5.74) is 16.5. The predicted molar refractivity (Wildman–Crippen MR) is 244 cm³/mol. The molecule has 0 fully saturated rings. The van der Waals surface area contributed by atoms with Crippen molar-refractivity contribution in [3.63, 3.8) is 0 Å². The summed E-state index contributed by atoms with van der Waals surface area (Å²) < 4.78 is 2.14. The molecule has 0 saturated heterocycles. The van der Waals surface area contributed by atoms with E-state index in [1.54, 1.807) is 12.4 Å². The first kappa shape index (κ1) is 38.6. The Bertz CT molecular complexity index is 2680. The molecule has 3 aromatic heterocycles. The molecule has 6 aromatic carbocycles. The van der Waals surface area contributed by atoms with Crippen molar-refractivity contribution in [2.24, 2.45) is 0 Å². The van der Waals surface area contributed by atoms with Gasteiger partial charge in [-0.15, -0.1) is 10.2 Å². The summed E-state index contributed by atoms with van der Waals surface area (Å²) in [6.45, 7) is 10.9. The van der Waals surface area contributed by atoms with Crippen molar-refractivity contribution in [1.82, 2.24) is 24.7 Å². The SMILES string of the molecule is Cc1cc(-c2cccc(-c3cccnc3)c2)cc(-c2cccc(-c3cccnc3)c2)c1.Cc1ccc(-n2c(-c3ccccc3)nnc2-c2ccc(C(C)(C)C)cc2)cc1. The third-order valence-corrected chi connectivity index (χ3v) is 10.5. The van der Waals surface area contributed by atoms with Crippen molar-refractivity contribution < 1.29 is 0 Å². The van der Waals surface area contributed by atoms with Gasteiger partial charge in [0.1, 0.15) is 0 Å². The van der Waals surface area contributed by atoms with Gasteiger partial charge in [0.25, 0.3) is 0 Å². The lowest BCUT2D eigenvalue weighted by atomic mass is 9.86. The number of nitrogens with zero attached hydrogens (tertiary/aromatic N) is 5. The third kappa shape index (κ3) is 9.01. The van der Waals surface area contributed by atoms with Gasteiger partial charge in [0.05, 0.1) is 0 Å². The summed E-state index contributed by atoms with van der Waals surface area (Å²) in [5, 5.41) is 9.11. The molecule has 5 heteroatoms. The highest BCUT2D eigenvalue weighted by Gasteiger charge is 2.19. The number of rotatable bonds is 7. The molecule has 0 atom stereocenters. The fraction of sp³-hybridized carbons (Fsp3) is 0.111. The van der Waals surface area contributed by atoms with Gasteiger partial charge in [0, 0.05) is 52.7 Å². The monoisotopic (exact) mass is 765 g/mol. The lowest BCUT2D eigenvalue weighted by Gasteiger charge is -2.19. The standard InChI is InChI=1S/C29H22N2.C25H25N3/c1-21-14-28(24-8-2-6-22(16-24)26-10-4-12-30-19-26)18-29(15-21)25-9-3-7-23(17-25)27-11-5-13-31-20-27;1-18-10-16-22(17-11-18)28-23(19-8-6-5-7-9-19)26-27-24(28)20-12-14-21(15-13-20)25(2,3)4/h2-20H,1H3;5-17H,1-4H3. The number of benzene rings is 6. The van der Waals surface area contributed by atoms with Gasteiger partial charge in [-0.2, -0.15) is 0 Å². The highest BCUT2D eigenvalue weighted by Crippen LogP contribution is 2.34. The first-order chi connectivity index (χ1) is 28.7. The van der Waals surface area contributed by atoms with Gasteiger partial charge in [0.15, 0.2) is 11.6 Å². The Morgan fingerprint density at radius 2 is 0.814 bits per heavy atom. The van der Waals surface area contributed by atoms with E-state index in [4.69, 9.17) is 0 Å². The number of hydrogen-bond donors (Lipinski definition) is 0. The van der Waals surface area contributed by atoms with Crippen LogP contribution in [0.2, 0.25) is 0 Å². The highest BCUT2D eigenvalue weighted by atomic mass is 15.3. The lowest BCUT2D eigenvalue weighted by molar-refractivity contribution is 0.590. The molecular formula is C54H47N5. The van der Waals surface area contributed by atoms with E-state index in [1.807, 2.05) is 42.7 Å².